The summed E-state index contributed by atoms with van der Waals surface area (Å²) in [5.74, 6) is -0.357. The third kappa shape index (κ3) is 2.90. The zero-order valence-electron chi connectivity index (χ0n) is 10.8. The molecule has 0 aliphatic rings. The van der Waals surface area contributed by atoms with Gasteiger partial charge in [0.15, 0.2) is 5.78 Å². The first-order valence-electron chi connectivity index (χ1n) is 5.36. The normalized spacial score (nSPS) is 10.1. The highest BCUT2D eigenvalue weighted by molar-refractivity contribution is 9.10. The van der Waals surface area contributed by atoms with Gasteiger partial charge >= 0.3 is 5.97 Å². The average molecular weight is 315 g/mol. The molecule has 1 aromatic rings. The summed E-state index contributed by atoms with van der Waals surface area (Å²) in [6.45, 7) is 3.65. The minimum atomic E-state index is -0.554. The van der Waals surface area contributed by atoms with E-state index in [-0.39, 0.29) is 12.2 Å². The van der Waals surface area contributed by atoms with Crippen molar-refractivity contribution in [1.82, 2.24) is 0 Å². The van der Waals surface area contributed by atoms with Gasteiger partial charge in [-0.1, -0.05) is 15.9 Å². The van der Waals surface area contributed by atoms with Crippen molar-refractivity contribution in [2.75, 3.05) is 14.2 Å². The van der Waals surface area contributed by atoms with Crippen LogP contribution in [0.4, 0.5) is 0 Å². The summed E-state index contributed by atoms with van der Waals surface area (Å²) >= 11 is 3.40. The van der Waals surface area contributed by atoms with Crippen molar-refractivity contribution in [3.05, 3.63) is 27.2 Å². The van der Waals surface area contributed by atoms with Crippen molar-refractivity contribution in [2.45, 2.75) is 20.3 Å². The summed E-state index contributed by atoms with van der Waals surface area (Å²) < 4.78 is 10.6. The largest absolute Gasteiger partial charge is 0.496 e. The van der Waals surface area contributed by atoms with Crippen LogP contribution in [0, 0.1) is 13.8 Å². The Labute approximate surface area is 114 Å². The lowest BCUT2D eigenvalue weighted by Crippen LogP contribution is -2.12. The van der Waals surface area contributed by atoms with Gasteiger partial charge in [0.1, 0.15) is 12.2 Å². The van der Waals surface area contributed by atoms with Crippen molar-refractivity contribution in [2.24, 2.45) is 0 Å². The maximum Gasteiger partial charge on any atom is 0.313 e. The number of ketones is 1. The first-order valence-corrected chi connectivity index (χ1v) is 6.15. The Morgan fingerprint density at radius 3 is 2.39 bits per heavy atom. The van der Waals surface area contributed by atoms with E-state index in [0.29, 0.717) is 11.3 Å². The van der Waals surface area contributed by atoms with E-state index in [1.807, 2.05) is 13.0 Å². The highest BCUT2D eigenvalue weighted by Gasteiger charge is 2.21. The number of benzene rings is 1. The average Bonchev–Trinajstić information content (AvgIpc) is 2.32. The number of methoxy groups -OCH3 is 2. The molecule has 0 unspecified atom stereocenters. The molecule has 0 N–H and O–H groups in total. The molecular weight excluding hydrogens is 300 g/mol. The number of carbonyl (C=O) groups excluding carboxylic acids is 2. The summed E-state index contributed by atoms with van der Waals surface area (Å²) in [6, 6.07) is 1.84. The van der Waals surface area contributed by atoms with Crippen LogP contribution in [-0.2, 0) is 9.53 Å². The fraction of sp³-hybridized carbons (Fsp3) is 0.385. The van der Waals surface area contributed by atoms with Crippen molar-refractivity contribution >= 4 is 27.7 Å². The van der Waals surface area contributed by atoms with Crippen molar-refractivity contribution in [3.8, 4) is 5.75 Å². The van der Waals surface area contributed by atoms with Crippen molar-refractivity contribution in [3.63, 3.8) is 0 Å². The minimum Gasteiger partial charge on any atom is -0.496 e. The second-order valence-electron chi connectivity index (χ2n) is 3.88. The Hall–Kier alpha value is -1.36. The number of halogens is 1. The van der Waals surface area contributed by atoms with Gasteiger partial charge in [-0.3, -0.25) is 9.59 Å². The summed E-state index contributed by atoms with van der Waals surface area (Å²) in [6.07, 6.45) is -0.283. The minimum absolute atomic E-state index is 0.283. The van der Waals surface area contributed by atoms with E-state index >= 15 is 0 Å². The van der Waals surface area contributed by atoms with Crippen LogP contribution in [0.15, 0.2) is 10.5 Å². The van der Waals surface area contributed by atoms with Gasteiger partial charge in [0, 0.05) is 10.0 Å². The smallest absolute Gasteiger partial charge is 0.313 e. The van der Waals surface area contributed by atoms with E-state index in [1.54, 1.807) is 6.92 Å². The quantitative estimate of drug-likeness (QED) is 0.487. The second kappa shape index (κ2) is 6.00. The Morgan fingerprint density at radius 1 is 1.28 bits per heavy atom. The van der Waals surface area contributed by atoms with Gasteiger partial charge in [-0.05, 0) is 25.5 Å². The number of hydrogen-bond acceptors (Lipinski definition) is 4. The SMILES string of the molecule is COC(=O)CC(=O)c1c(C)cc(Br)c(C)c1OC. The molecule has 0 radical (unpaired) electrons. The van der Waals surface area contributed by atoms with Gasteiger partial charge in [0.2, 0.25) is 0 Å². The molecule has 4 nitrogen and oxygen atoms in total. The second-order valence-corrected chi connectivity index (χ2v) is 4.74. The summed E-state index contributed by atoms with van der Waals surface area (Å²) in [5.41, 5.74) is 2.03. The molecule has 98 valence electrons. The van der Waals surface area contributed by atoms with Gasteiger partial charge in [0.25, 0.3) is 0 Å². The summed E-state index contributed by atoms with van der Waals surface area (Å²) in [7, 11) is 2.76. The Bertz CT molecular complexity index is 494. The van der Waals surface area contributed by atoms with E-state index in [4.69, 9.17) is 4.74 Å². The molecule has 0 aromatic heterocycles. The van der Waals surface area contributed by atoms with Gasteiger partial charge in [-0.2, -0.15) is 0 Å². The zero-order valence-corrected chi connectivity index (χ0v) is 12.4. The van der Waals surface area contributed by atoms with E-state index < -0.39 is 5.97 Å². The number of ether oxygens (including phenoxy) is 2. The highest BCUT2D eigenvalue weighted by Crippen LogP contribution is 2.33. The topological polar surface area (TPSA) is 52.6 Å². The van der Waals surface area contributed by atoms with E-state index in [0.717, 1.165) is 15.6 Å². The van der Waals surface area contributed by atoms with Crippen LogP contribution in [0.1, 0.15) is 27.9 Å². The van der Waals surface area contributed by atoms with Crippen LogP contribution in [0.5, 0.6) is 5.75 Å². The lowest BCUT2D eigenvalue weighted by molar-refractivity contribution is -0.139. The lowest BCUT2D eigenvalue weighted by Gasteiger charge is -2.14. The number of esters is 1. The van der Waals surface area contributed by atoms with Crippen LogP contribution >= 0.6 is 15.9 Å². The van der Waals surface area contributed by atoms with E-state index in [2.05, 4.69) is 20.7 Å². The van der Waals surface area contributed by atoms with Gasteiger partial charge in [-0.25, -0.2) is 0 Å². The third-order valence-corrected chi connectivity index (χ3v) is 3.50. The molecule has 18 heavy (non-hydrogen) atoms. The molecule has 1 aromatic carbocycles. The number of Topliss-reactive ketones (excluding diaryl/α,β-unsaturated/α-hetero) is 1. The fourth-order valence-electron chi connectivity index (χ4n) is 1.74. The maximum atomic E-state index is 12.1. The molecule has 0 aliphatic carbocycles. The molecule has 0 bridgehead atoms. The fourth-order valence-corrected chi connectivity index (χ4v) is 2.26. The summed E-state index contributed by atoms with van der Waals surface area (Å²) in [4.78, 5) is 23.2. The molecule has 0 aliphatic heterocycles. The monoisotopic (exact) mass is 314 g/mol. The molecule has 0 saturated heterocycles. The zero-order chi connectivity index (χ0) is 13.9. The standard InChI is InChI=1S/C13H15BrO4/c1-7-5-9(14)8(2)13(18-4)12(7)10(15)6-11(16)17-3/h5H,6H2,1-4H3. The Balaban J connectivity index is 3.27. The Kier molecular flexibility index (Phi) is 4.90. The number of carbonyl (C=O) groups is 2. The van der Waals surface area contributed by atoms with E-state index in [9.17, 15) is 9.59 Å². The van der Waals surface area contributed by atoms with Crippen LogP contribution in [0.25, 0.3) is 0 Å². The number of rotatable bonds is 4. The molecule has 0 amide bonds. The first kappa shape index (κ1) is 14.7. The first-order chi connectivity index (χ1) is 8.42. The third-order valence-electron chi connectivity index (χ3n) is 2.68. The molecule has 5 heteroatoms. The number of hydrogen-bond donors (Lipinski definition) is 0. The summed E-state index contributed by atoms with van der Waals surface area (Å²) in [5, 5.41) is 0. The van der Waals surface area contributed by atoms with Crippen LogP contribution in [-0.4, -0.2) is 26.0 Å². The van der Waals surface area contributed by atoms with Crippen LogP contribution < -0.4 is 4.74 Å². The van der Waals surface area contributed by atoms with Gasteiger partial charge < -0.3 is 9.47 Å². The molecule has 0 fully saturated rings. The van der Waals surface area contributed by atoms with E-state index in [1.165, 1.54) is 14.2 Å². The van der Waals surface area contributed by atoms with Gasteiger partial charge in [0.05, 0.1) is 19.8 Å². The molecule has 0 heterocycles. The molecular formula is C13H15BrO4. The molecule has 0 atom stereocenters. The molecule has 0 saturated carbocycles. The molecule has 1 rings (SSSR count). The Morgan fingerprint density at radius 2 is 1.89 bits per heavy atom. The number of aryl methyl sites for hydroxylation is 1. The predicted molar refractivity (Wildman–Crippen MR) is 71.1 cm³/mol. The van der Waals surface area contributed by atoms with Gasteiger partial charge in [-0.15, -0.1) is 0 Å². The van der Waals surface area contributed by atoms with Crippen molar-refractivity contribution < 1.29 is 19.1 Å². The lowest BCUT2D eigenvalue weighted by atomic mass is 9.98. The van der Waals surface area contributed by atoms with Crippen molar-refractivity contribution in [1.29, 1.82) is 0 Å². The maximum absolute atomic E-state index is 12.1. The van der Waals surface area contributed by atoms with Crippen LogP contribution in [0.3, 0.4) is 0 Å². The van der Waals surface area contributed by atoms with Crippen LogP contribution in [0.2, 0.25) is 0 Å². The highest BCUT2D eigenvalue weighted by atomic mass is 79.9. The molecule has 0 spiro atoms. The predicted octanol–water partition coefficient (Wildman–Crippen LogP) is 2.82.